The van der Waals surface area contributed by atoms with Gasteiger partial charge in [0.05, 0.1) is 6.61 Å². The minimum absolute atomic E-state index is 0.599. The monoisotopic (exact) mass is 350 g/mol. The van der Waals surface area contributed by atoms with Crippen LogP contribution in [-0.4, -0.2) is 19.8 Å². The number of rotatable bonds is 7. The predicted molar refractivity (Wildman–Crippen MR) is 73.4 cm³/mol. The topological polar surface area (TPSA) is 18.5 Å². The van der Waals surface area contributed by atoms with E-state index in [4.69, 9.17) is 9.47 Å². The highest BCUT2D eigenvalue weighted by Crippen LogP contribution is 2.25. The summed E-state index contributed by atoms with van der Waals surface area (Å²) >= 11 is 6.88. The maximum atomic E-state index is 5.65. The van der Waals surface area contributed by atoms with Gasteiger partial charge in [0, 0.05) is 22.0 Å². The SMILES string of the molecule is CCCOCCOc1ccc(Br)cc1CBr. The standard InChI is InChI=1S/C12H16Br2O2/c1-2-5-15-6-7-16-12-4-3-11(14)8-10(12)9-13/h3-4,8H,2,5-7,9H2,1H3. The second-order valence-electron chi connectivity index (χ2n) is 3.35. The van der Waals surface area contributed by atoms with Gasteiger partial charge < -0.3 is 9.47 Å². The molecule has 2 nitrogen and oxygen atoms in total. The Hall–Kier alpha value is -0.0600. The lowest BCUT2D eigenvalue weighted by atomic mass is 10.2. The fraction of sp³-hybridized carbons (Fsp3) is 0.500. The zero-order chi connectivity index (χ0) is 11.8. The van der Waals surface area contributed by atoms with E-state index in [1.807, 2.05) is 12.1 Å². The normalized spacial score (nSPS) is 10.4. The van der Waals surface area contributed by atoms with Crippen LogP contribution in [0.25, 0.3) is 0 Å². The van der Waals surface area contributed by atoms with Crippen molar-refractivity contribution in [2.45, 2.75) is 18.7 Å². The molecule has 0 aliphatic carbocycles. The smallest absolute Gasteiger partial charge is 0.123 e. The maximum Gasteiger partial charge on any atom is 0.123 e. The first-order chi connectivity index (χ1) is 7.77. The summed E-state index contributed by atoms with van der Waals surface area (Å²) in [6.07, 6.45) is 1.05. The third kappa shape index (κ3) is 4.85. The molecule has 1 rings (SSSR count). The first-order valence-electron chi connectivity index (χ1n) is 5.33. The van der Waals surface area contributed by atoms with Crippen molar-refractivity contribution in [3.63, 3.8) is 0 Å². The lowest BCUT2D eigenvalue weighted by Gasteiger charge is -2.10. The molecule has 16 heavy (non-hydrogen) atoms. The van der Waals surface area contributed by atoms with Crippen molar-refractivity contribution in [3.8, 4) is 5.75 Å². The van der Waals surface area contributed by atoms with Crippen LogP contribution in [0.15, 0.2) is 22.7 Å². The Morgan fingerprint density at radius 3 is 2.69 bits per heavy atom. The summed E-state index contributed by atoms with van der Waals surface area (Å²) in [6.45, 7) is 4.14. The van der Waals surface area contributed by atoms with E-state index in [0.29, 0.717) is 13.2 Å². The Balaban J connectivity index is 2.41. The van der Waals surface area contributed by atoms with Gasteiger partial charge >= 0.3 is 0 Å². The minimum Gasteiger partial charge on any atom is -0.491 e. The molecule has 0 radical (unpaired) electrons. The van der Waals surface area contributed by atoms with E-state index < -0.39 is 0 Å². The molecule has 1 aromatic carbocycles. The zero-order valence-corrected chi connectivity index (χ0v) is 12.5. The molecule has 0 aromatic heterocycles. The van der Waals surface area contributed by atoms with E-state index in [9.17, 15) is 0 Å². The summed E-state index contributed by atoms with van der Waals surface area (Å²) in [7, 11) is 0. The summed E-state index contributed by atoms with van der Waals surface area (Å²) in [4.78, 5) is 0. The fourth-order valence-electron chi connectivity index (χ4n) is 1.25. The molecule has 1 aromatic rings. The van der Waals surface area contributed by atoms with Crippen LogP contribution in [0.4, 0.5) is 0 Å². The Morgan fingerprint density at radius 1 is 1.19 bits per heavy atom. The molecule has 0 unspecified atom stereocenters. The molecule has 0 aliphatic rings. The average Bonchev–Trinajstić information content (AvgIpc) is 2.30. The Morgan fingerprint density at radius 2 is 2.00 bits per heavy atom. The number of halogens is 2. The second kappa shape index (κ2) is 8.09. The molecular formula is C12H16Br2O2. The molecule has 90 valence electrons. The van der Waals surface area contributed by atoms with Gasteiger partial charge in [-0.3, -0.25) is 0 Å². The molecule has 0 aliphatic heterocycles. The van der Waals surface area contributed by atoms with Crippen LogP contribution < -0.4 is 4.74 Å². The zero-order valence-electron chi connectivity index (χ0n) is 9.34. The van der Waals surface area contributed by atoms with Gasteiger partial charge in [0.25, 0.3) is 0 Å². The van der Waals surface area contributed by atoms with Crippen LogP contribution in [0.3, 0.4) is 0 Å². The van der Waals surface area contributed by atoms with Crippen LogP contribution in [-0.2, 0) is 10.1 Å². The predicted octanol–water partition coefficient (Wildman–Crippen LogP) is 4.15. The van der Waals surface area contributed by atoms with E-state index in [0.717, 1.165) is 34.1 Å². The number of ether oxygens (including phenoxy) is 2. The van der Waals surface area contributed by atoms with Crippen LogP contribution >= 0.6 is 31.9 Å². The molecule has 0 heterocycles. The maximum absolute atomic E-state index is 5.65. The molecule has 0 bridgehead atoms. The van der Waals surface area contributed by atoms with Gasteiger partial charge in [-0.1, -0.05) is 38.8 Å². The number of benzene rings is 1. The highest BCUT2D eigenvalue weighted by Gasteiger charge is 2.03. The van der Waals surface area contributed by atoms with E-state index in [1.165, 1.54) is 0 Å². The largest absolute Gasteiger partial charge is 0.491 e. The summed E-state index contributed by atoms with van der Waals surface area (Å²) in [5.41, 5.74) is 1.14. The second-order valence-corrected chi connectivity index (χ2v) is 4.82. The number of hydrogen-bond acceptors (Lipinski definition) is 2. The van der Waals surface area contributed by atoms with Crippen molar-refractivity contribution in [1.29, 1.82) is 0 Å². The Bertz CT molecular complexity index is 316. The van der Waals surface area contributed by atoms with Gasteiger partial charge in [-0.2, -0.15) is 0 Å². The summed E-state index contributed by atoms with van der Waals surface area (Å²) in [5, 5.41) is 0.789. The van der Waals surface area contributed by atoms with Crippen molar-refractivity contribution >= 4 is 31.9 Å². The van der Waals surface area contributed by atoms with Gasteiger partial charge in [0.15, 0.2) is 0 Å². The summed E-state index contributed by atoms with van der Waals surface area (Å²) in [5.74, 6) is 0.917. The third-order valence-corrected chi connectivity index (χ3v) is 3.10. The van der Waals surface area contributed by atoms with Gasteiger partial charge in [0.1, 0.15) is 12.4 Å². The Labute approximate surface area is 114 Å². The Kier molecular flexibility index (Phi) is 7.08. The van der Waals surface area contributed by atoms with Crippen molar-refractivity contribution in [2.24, 2.45) is 0 Å². The van der Waals surface area contributed by atoms with Gasteiger partial charge in [-0.15, -0.1) is 0 Å². The van der Waals surface area contributed by atoms with E-state index >= 15 is 0 Å². The van der Waals surface area contributed by atoms with E-state index in [1.54, 1.807) is 0 Å². The molecule has 0 atom stereocenters. The number of alkyl halides is 1. The summed E-state index contributed by atoms with van der Waals surface area (Å²) < 4.78 is 12.1. The highest BCUT2D eigenvalue weighted by atomic mass is 79.9. The fourth-order valence-corrected chi connectivity index (χ4v) is 2.10. The molecular weight excluding hydrogens is 336 g/mol. The van der Waals surface area contributed by atoms with Crippen LogP contribution in [0.5, 0.6) is 5.75 Å². The van der Waals surface area contributed by atoms with E-state index in [-0.39, 0.29) is 0 Å². The van der Waals surface area contributed by atoms with Crippen molar-refractivity contribution in [2.75, 3.05) is 19.8 Å². The van der Waals surface area contributed by atoms with Crippen LogP contribution in [0, 0.1) is 0 Å². The lowest BCUT2D eigenvalue weighted by Crippen LogP contribution is -2.08. The third-order valence-electron chi connectivity index (χ3n) is 2.00. The molecule has 0 spiro atoms. The first kappa shape index (κ1) is 14.0. The molecule has 0 fully saturated rings. The van der Waals surface area contributed by atoms with Crippen molar-refractivity contribution in [1.82, 2.24) is 0 Å². The van der Waals surface area contributed by atoms with Gasteiger partial charge in [0.2, 0.25) is 0 Å². The first-order valence-corrected chi connectivity index (χ1v) is 7.24. The highest BCUT2D eigenvalue weighted by molar-refractivity contribution is 9.10. The summed E-state index contributed by atoms with van der Waals surface area (Å²) in [6, 6.07) is 6.01. The van der Waals surface area contributed by atoms with Crippen molar-refractivity contribution < 1.29 is 9.47 Å². The molecule has 4 heteroatoms. The lowest BCUT2D eigenvalue weighted by molar-refractivity contribution is 0.100. The minimum atomic E-state index is 0.599. The molecule has 0 N–H and O–H groups in total. The molecule has 0 saturated heterocycles. The number of hydrogen-bond donors (Lipinski definition) is 0. The molecule has 0 amide bonds. The van der Waals surface area contributed by atoms with Crippen LogP contribution in [0.2, 0.25) is 0 Å². The molecule has 0 saturated carbocycles. The quantitative estimate of drug-likeness (QED) is 0.542. The average molecular weight is 352 g/mol. The van der Waals surface area contributed by atoms with Crippen LogP contribution in [0.1, 0.15) is 18.9 Å². The van der Waals surface area contributed by atoms with E-state index in [2.05, 4.69) is 44.8 Å². The van der Waals surface area contributed by atoms with Crippen molar-refractivity contribution in [3.05, 3.63) is 28.2 Å². The van der Waals surface area contributed by atoms with Gasteiger partial charge in [-0.05, 0) is 24.6 Å². The van der Waals surface area contributed by atoms with Gasteiger partial charge in [-0.25, -0.2) is 0 Å².